The van der Waals surface area contributed by atoms with Crippen LogP contribution in [0.15, 0.2) is 9.98 Å². The molecule has 4 saturated heterocycles. The average molecular weight is 625 g/mol. The minimum Gasteiger partial charge on any atom is -0.462 e. The van der Waals surface area contributed by atoms with Crippen molar-refractivity contribution >= 4 is 17.9 Å². The van der Waals surface area contributed by atoms with Crippen molar-refractivity contribution in [3.05, 3.63) is 0 Å². The van der Waals surface area contributed by atoms with Gasteiger partial charge in [0.05, 0.1) is 24.1 Å². The second-order valence-electron chi connectivity index (χ2n) is 15.7. The Hall–Kier alpha value is -1.99. The van der Waals surface area contributed by atoms with Gasteiger partial charge < -0.3 is 25.2 Å². The van der Waals surface area contributed by atoms with E-state index in [1.54, 1.807) is 0 Å². The van der Waals surface area contributed by atoms with Gasteiger partial charge in [-0.2, -0.15) is 0 Å². The lowest BCUT2D eigenvalue weighted by Gasteiger charge is -2.47. The fourth-order valence-corrected chi connectivity index (χ4v) is 9.74. The molecule has 2 N–H and O–H groups in total. The molecule has 45 heavy (non-hydrogen) atoms. The zero-order chi connectivity index (χ0) is 31.3. The molecule has 0 bridgehead atoms. The molecule has 0 spiro atoms. The Morgan fingerprint density at radius 1 is 0.800 bits per heavy atom. The first-order valence-electron chi connectivity index (χ1n) is 19.4. The first kappa shape index (κ1) is 32.9. The monoisotopic (exact) mass is 625 g/mol. The number of carbonyl (C=O) groups excluding carboxylic acids is 1. The van der Waals surface area contributed by atoms with Crippen molar-refractivity contribution in [3.63, 3.8) is 0 Å². The number of ether oxygens (including phenoxy) is 1. The Bertz CT molecular complexity index is 1050. The third-order valence-electron chi connectivity index (χ3n) is 12.0. The van der Waals surface area contributed by atoms with E-state index < -0.39 is 0 Å². The third-order valence-corrected chi connectivity index (χ3v) is 12.0. The average Bonchev–Trinajstić information content (AvgIpc) is 3.61. The van der Waals surface area contributed by atoms with Crippen LogP contribution in [0.5, 0.6) is 0 Å². The van der Waals surface area contributed by atoms with E-state index in [9.17, 15) is 4.79 Å². The zero-order valence-electron chi connectivity index (χ0n) is 29.0. The van der Waals surface area contributed by atoms with Crippen molar-refractivity contribution in [2.45, 2.75) is 211 Å². The molecule has 0 aromatic rings. The van der Waals surface area contributed by atoms with Crippen LogP contribution in [0.2, 0.25) is 0 Å². The van der Waals surface area contributed by atoms with Crippen LogP contribution in [-0.2, 0) is 9.53 Å². The predicted molar refractivity (Wildman–Crippen MR) is 184 cm³/mol. The van der Waals surface area contributed by atoms with Crippen molar-refractivity contribution in [1.82, 2.24) is 20.4 Å². The summed E-state index contributed by atoms with van der Waals surface area (Å²) < 4.78 is 6.12. The molecular formula is C37H64N6O2. The predicted octanol–water partition coefficient (Wildman–Crippen LogP) is 6.92. The maximum absolute atomic E-state index is 13.5. The SMILES string of the molecule is CCCCCCCCCC1C[C@@H]2CC[C@H]3[C@@H](C(=O)OC(C)CCCCC[C@@H]4C[C@@H]5CC[C@H]6C[C@@H](C)NC(=N4)N56)[C@@H](C)N=C(N1)N23. The van der Waals surface area contributed by atoms with Gasteiger partial charge in [-0.05, 0) is 91.4 Å². The van der Waals surface area contributed by atoms with Gasteiger partial charge in [0.25, 0.3) is 0 Å². The standard InChI is InChI=1S/C37H64N6O2/c1-5-6-7-8-9-10-13-16-29-24-32-20-21-33-34(27(4)39-37(41-29)43(32)33)35(44)45-26(3)15-12-11-14-17-28-23-31-19-18-30-22-25(2)38-36(40-28)42(30)31/h25-34H,5-24H2,1-4H3,(H,38,40)(H,39,41)/t25-,26?,27-,28-,29?,30+,31+,32+,33+,34+/m1/s1. The number of hydrogen-bond acceptors (Lipinski definition) is 8. The summed E-state index contributed by atoms with van der Waals surface area (Å²) in [4.78, 5) is 28.8. The summed E-state index contributed by atoms with van der Waals surface area (Å²) in [6.07, 6.45) is 24.9. The van der Waals surface area contributed by atoms with E-state index in [0.717, 1.165) is 25.2 Å². The molecule has 0 saturated carbocycles. The van der Waals surface area contributed by atoms with Gasteiger partial charge in [-0.15, -0.1) is 0 Å². The summed E-state index contributed by atoms with van der Waals surface area (Å²) in [6.45, 7) is 8.79. The molecule has 0 aromatic heterocycles. The highest BCUT2D eigenvalue weighted by Crippen LogP contribution is 2.40. The van der Waals surface area contributed by atoms with Gasteiger partial charge in [-0.25, -0.2) is 9.98 Å². The van der Waals surface area contributed by atoms with Crippen LogP contribution in [0, 0.1) is 5.92 Å². The Kier molecular flexibility index (Phi) is 11.2. The van der Waals surface area contributed by atoms with Crippen LogP contribution < -0.4 is 10.6 Å². The molecule has 6 aliphatic rings. The fraction of sp³-hybridized carbons (Fsp3) is 0.919. The van der Waals surface area contributed by atoms with Gasteiger partial charge in [0, 0.05) is 36.3 Å². The molecule has 2 unspecified atom stereocenters. The van der Waals surface area contributed by atoms with Crippen molar-refractivity contribution < 1.29 is 9.53 Å². The van der Waals surface area contributed by atoms with E-state index in [4.69, 9.17) is 14.7 Å². The van der Waals surface area contributed by atoms with Crippen LogP contribution in [-0.4, -0.2) is 82.1 Å². The third kappa shape index (κ3) is 7.77. The summed E-state index contributed by atoms with van der Waals surface area (Å²) in [5.41, 5.74) is 0. The number of nitrogens with zero attached hydrogens (tertiary/aromatic N) is 4. The second-order valence-corrected chi connectivity index (χ2v) is 15.7. The van der Waals surface area contributed by atoms with Crippen LogP contribution in [0.1, 0.15) is 156 Å². The largest absolute Gasteiger partial charge is 0.462 e. The molecule has 6 rings (SSSR count). The molecule has 6 aliphatic heterocycles. The molecule has 254 valence electrons. The Labute approximate surface area is 274 Å². The fourth-order valence-electron chi connectivity index (χ4n) is 9.74. The Morgan fingerprint density at radius 2 is 1.47 bits per heavy atom. The van der Waals surface area contributed by atoms with Crippen LogP contribution in [0.4, 0.5) is 0 Å². The number of nitrogens with one attached hydrogen (secondary N) is 2. The lowest BCUT2D eigenvalue weighted by Crippen LogP contribution is -2.63. The normalized spacial score (nSPS) is 35.5. The molecule has 0 amide bonds. The van der Waals surface area contributed by atoms with Crippen molar-refractivity contribution in [2.75, 3.05) is 0 Å². The summed E-state index contributed by atoms with van der Waals surface area (Å²) >= 11 is 0. The van der Waals surface area contributed by atoms with E-state index in [1.165, 1.54) is 115 Å². The number of carbonyl (C=O) groups is 1. The van der Waals surface area contributed by atoms with Gasteiger partial charge in [0.2, 0.25) is 0 Å². The van der Waals surface area contributed by atoms with Crippen LogP contribution >= 0.6 is 0 Å². The highest BCUT2D eigenvalue weighted by atomic mass is 16.5. The summed E-state index contributed by atoms with van der Waals surface area (Å²) in [5, 5.41) is 7.46. The van der Waals surface area contributed by atoms with Crippen LogP contribution in [0.25, 0.3) is 0 Å². The molecule has 8 nitrogen and oxygen atoms in total. The highest BCUT2D eigenvalue weighted by Gasteiger charge is 2.51. The van der Waals surface area contributed by atoms with Crippen molar-refractivity contribution in [3.8, 4) is 0 Å². The topological polar surface area (TPSA) is 81.6 Å². The van der Waals surface area contributed by atoms with Crippen LogP contribution in [0.3, 0.4) is 0 Å². The minimum atomic E-state index is -0.154. The molecular weight excluding hydrogens is 560 g/mol. The van der Waals surface area contributed by atoms with E-state index in [-0.39, 0.29) is 30.1 Å². The Balaban J connectivity index is 0.903. The minimum absolute atomic E-state index is 0.0275. The van der Waals surface area contributed by atoms with E-state index in [2.05, 4.69) is 48.1 Å². The quantitative estimate of drug-likeness (QED) is 0.143. The maximum Gasteiger partial charge on any atom is 0.313 e. The smallest absolute Gasteiger partial charge is 0.313 e. The number of rotatable bonds is 16. The molecule has 6 heterocycles. The zero-order valence-corrected chi connectivity index (χ0v) is 29.0. The molecule has 10 atom stereocenters. The number of aliphatic imine (C=N–C) groups is 2. The van der Waals surface area contributed by atoms with E-state index >= 15 is 0 Å². The molecule has 8 heteroatoms. The summed E-state index contributed by atoms with van der Waals surface area (Å²) in [5.74, 6) is 2.06. The van der Waals surface area contributed by atoms with Gasteiger partial charge >= 0.3 is 5.97 Å². The van der Waals surface area contributed by atoms with Crippen molar-refractivity contribution in [2.24, 2.45) is 15.9 Å². The van der Waals surface area contributed by atoms with Gasteiger partial charge in [-0.1, -0.05) is 64.7 Å². The first-order chi connectivity index (χ1) is 21.9. The van der Waals surface area contributed by atoms with E-state index in [0.29, 0.717) is 36.3 Å². The highest BCUT2D eigenvalue weighted by molar-refractivity contribution is 5.86. The number of guanidine groups is 2. The molecule has 0 aromatic carbocycles. The number of esters is 1. The summed E-state index contributed by atoms with van der Waals surface area (Å²) in [6, 6.07) is 3.66. The summed E-state index contributed by atoms with van der Waals surface area (Å²) in [7, 11) is 0. The molecule has 4 fully saturated rings. The lowest BCUT2D eigenvalue weighted by atomic mass is 9.89. The molecule has 0 radical (unpaired) electrons. The van der Waals surface area contributed by atoms with Gasteiger partial charge in [0.1, 0.15) is 0 Å². The second kappa shape index (κ2) is 15.3. The first-order valence-corrected chi connectivity index (χ1v) is 19.4. The van der Waals surface area contributed by atoms with Crippen molar-refractivity contribution in [1.29, 1.82) is 0 Å². The maximum atomic E-state index is 13.5. The van der Waals surface area contributed by atoms with Gasteiger partial charge in [-0.3, -0.25) is 4.79 Å². The number of unbranched alkanes of at least 4 members (excludes halogenated alkanes) is 8. The number of hydrogen-bond donors (Lipinski definition) is 2. The lowest BCUT2D eigenvalue weighted by molar-refractivity contribution is -0.156. The molecule has 0 aliphatic carbocycles. The van der Waals surface area contributed by atoms with E-state index in [1.807, 2.05) is 0 Å². The van der Waals surface area contributed by atoms with Gasteiger partial charge in [0.15, 0.2) is 11.9 Å². The Morgan fingerprint density at radius 3 is 2.29 bits per heavy atom.